The smallest absolute Gasteiger partial charge is 0.338 e. The van der Waals surface area contributed by atoms with Crippen LogP contribution in [0.4, 0.5) is 11.4 Å². The number of amides is 2. The SMILES string of the molecule is O=C(OCc1ccc(Oc2ccc([N+](=O)[O-])cc2)cc1)c1cccc(N2C(=O)c3ccccc3C2=O)c1. The fourth-order valence-electron chi connectivity index (χ4n) is 3.85. The molecule has 4 aromatic rings. The summed E-state index contributed by atoms with van der Waals surface area (Å²) >= 11 is 0. The number of carbonyl (C=O) groups is 3. The predicted molar refractivity (Wildman–Crippen MR) is 133 cm³/mol. The molecule has 0 N–H and O–H groups in total. The first kappa shape index (κ1) is 23.4. The highest BCUT2D eigenvalue weighted by molar-refractivity contribution is 6.34. The monoisotopic (exact) mass is 494 g/mol. The van der Waals surface area contributed by atoms with Crippen molar-refractivity contribution in [2.45, 2.75) is 6.61 Å². The van der Waals surface area contributed by atoms with Crippen molar-refractivity contribution in [1.82, 2.24) is 0 Å². The Hall–Kier alpha value is -5.31. The summed E-state index contributed by atoms with van der Waals surface area (Å²) in [6.07, 6.45) is 0. The number of anilines is 1. The normalized spacial score (nSPS) is 12.3. The summed E-state index contributed by atoms with van der Waals surface area (Å²) in [5.41, 5.74) is 1.81. The third-order valence-electron chi connectivity index (χ3n) is 5.71. The summed E-state index contributed by atoms with van der Waals surface area (Å²) in [5.74, 6) is -0.533. The van der Waals surface area contributed by atoms with E-state index in [2.05, 4.69) is 0 Å². The first-order chi connectivity index (χ1) is 17.9. The minimum Gasteiger partial charge on any atom is -0.457 e. The van der Waals surface area contributed by atoms with E-state index in [4.69, 9.17) is 9.47 Å². The molecule has 0 saturated carbocycles. The highest BCUT2D eigenvalue weighted by Crippen LogP contribution is 2.29. The standard InChI is InChI=1S/C28H18N2O7/c31-26-24-6-1-2-7-25(24)27(32)29(26)21-5-3-4-19(16-21)28(33)36-17-18-8-12-22(13-9-18)37-23-14-10-20(11-15-23)30(34)35/h1-16H,17H2. The van der Waals surface area contributed by atoms with Crippen LogP contribution in [-0.2, 0) is 11.3 Å². The zero-order valence-electron chi connectivity index (χ0n) is 19.2. The van der Waals surface area contributed by atoms with Crippen LogP contribution < -0.4 is 9.64 Å². The molecule has 0 aromatic heterocycles. The van der Waals surface area contributed by atoms with Gasteiger partial charge in [0.2, 0.25) is 0 Å². The molecule has 5 rings (SSSR count). The number of nitro groups is 1. The van der Waals surface area contributed by atoms with Crippen molar-refractivity contribution in [2.75, 3.05) is 4.90 Å². The number of hydrogen-bond acceptors (Lipinski definition) is 7. The van der Waals surface area contributed by atoms with E-state index in [0.717, 1.165) is 4.90 Å². The van der Waals surface area contributed by atoms with Crippen LogP contribution in [0.25, 0.3) is 0 Å². The maximum atomic E-state index is 12.7. The van der Waals surface area contributed by atoms with Crippen LogP contribution in [0.3, 0.4) is 0 Å². The minimum atomic E-state index is -0.607. The van der Waals surface area contributed by atoms with Crippen molar-refractivity contribution in [3.63, 3.8) is 0 Å². The Kier molecular flexibility index (Phi) is 6.17. The number of non-ortho nitro benzene ring substituents is 1. The molecule has 9 nitrogen and oxygen atoms in total. The lowest BCUT2D eigenvalue weighted by molar-refractivity contribution is -0.384. The zero-order valence-corrected chi connectivity index (χ0v) is 19.2. The molecule has 0 atom stereocenters. The van der Waals surface area contributed by atoms with Crippen LogP contribution in [0.5, 0.6) is 11.5 Å². The molecule has 2 amide bonds. The van der Waals surface area contributed by atoms with Gasteiger partial charge in [0.05, 0.1) is 27.3 Å². The lowest BCUT2D eigenvalue weighted by Gasteiger charge is -2.15. The molecule has 1 aliphatic rings. The van der Waals surface area contributed by atoms with E-state index in [1.54, 1.807) is 66.7 Å². The second-order valence-corrected chi connectivity index (χ2v) is 8.11. The van der Waals surface area contributed by atoms with Crippen molar-refractivity contribution in [1.29, 1.82) is 0 Å². The molecule has 1 aliphatic heterocycles. The molecule has 0 unspecified atom stereocenters. The Bertz CT molecular complexity index is 1490. The van der Waals surface area contributed by atoms with Crippen molar-refractivity contribution in [3.05, 3.63) is 129 Å². The van der Waals surface area contributed by atoms with Gasteiger partial charge in [-0.1, -0.05) is 30.3 Å². The summed E-state index contributed by atoms with van der Waals surface area (Å²) in [6, 6.07) is 25.3. The van der Waals surface area contributed by atoms with Gasteiger partial charge in [0.1, 0.15) is 18.1 Å². The molecule has 0 fully saturated rings. The first-order valence-corrected chi connectivity index (χ1v) is 11.2. The molecule has 1 heterocycles. The number of benzene rings is 4. The molecule has 37 heavy (non-hydrogen) atoms. The van der Waals surface area contributed by atoms with E-state index in [1.807, 2.05) is 0 Å². The zero-order chi connectivity index (χ0) is 25.9. The van der Waals surface area contributed by atoms with Gasteiger partial charge in [-0.25, -0.2) is 9.69 Å². The largest absolute Gasteiger partial charge is 0.457 e. The van der Waals surface area contributed by atoms with Crippen LogP contribution in [0.2, 0.25) is 0 Å². The minimum absolute atomic E-state index is 0.00606. The Balaban J connectivity index is 1.21. The fraction of sp³-hybridized carbons (Fsp3) is 0.0357. The molecule has 4 aromatic carbocycles. The highest BCUT2D eigenvalue weighted by Gasteiger charge is 2.36. The number of ether oxygens (including phenoxy) is 2. The molecule has 182 valence electrons. The van der Waals surface area contributed by atoms with E-state index in [0.29, 0.717) is 28.2 Å². The van der Waals surface area contributed by atoms with Crippen molar-refractivity contribution in [3.8, 4) is 11.5 Å². The quantitative estimate of drug-likeness (QED) is 0.143. The average Bonchev–Trinajstić information content (AvgIpc) is 3.18. The Morgan fingerprint density at radius 2 is 1.38 bits per heavy atom. The lowest BCUT2D eigenvalue weighted by Crippen LogP contribution is -2.29. The molecule has 0 spiro atoms. The molecule has 0 saturated heterocycles. The molecular weight excluding hydrogens is 476 g/mol. The van der Waals surface area contributed by atoms with Gasteiger partial charge in [0, 0.05) is 12.1 Å². The third kappa shape index (κ3) is 4.78. The van der Waals surface area contributed by atoms with Crippen LogP contribution >= 0.6 is 0 Å². The number of nitrogens with zero attached hydrogens (tertiary/aromatic N) is 2. The van der Waals surface area contributed by atoms with E-state index >= 15 is 0 Å². The fourth-order valence-corrected chi connectivity index (χ4v) is 3.85. The van der Waals surface area contributed by atoms with Gasteiger partial charge in [-0.05, 0) is 60.2 Å². The number of imide groups is 1. The van der Waals surface area contributed by atoms with E-state index in [-0.39, 0.29) is 23.5 Å². The van der Waals surface area contributed by atoms with Gasteiger partial charge in [0.25, 0.3) is 17.5 Å². The number of carbonyl (C=O) groups excluding carboxylic acids is 3. The summed E-state index contributed by atoms with van der Waals surface area (Å²) in [4.78, 5) is 49.5. The number of fused-ring (bicyclic) bond motifs is 1. The summed E-state index contributed by atoms with van der Waals surface area (Å²) in [6.45, 7) is -0.00606. The van der Waals surface area contributed by atoms with Gasteiger partial charge < -0.3 is 9.47 Å². The van der Waals surface area contributed by atoms with Crippen molar-refractivity contribution >= 4 is 29.2 Å². The molecule has 9 heteroatoms. The van der Waals surface area contributed by atoms with Crippen LogP contribution in [0.15, 0.2) is 97.1 Å². The van der Waals surface area contributed by atoms with E-state index < -0.39 is 22.7 Å². The second-order valence-electron chi connectivity index (χ2n) is 8.11. The molecular formula is C28H18N2O7. The van der Waals surface area contributed by atoms with Crippen molar-refractivity contribution in [2.24, 2.45) is 0 Å². The number of nitro benzene ring substituents is 1. The van der Waals surface area contributed by atoms with Gasteiger partial charge in [-0.2, -0.15) is 0 Å². The Labute approximate surface area is 210 Å². The van der Waals surface area contributed by atoms with E-state index in [9.17, 15) is 24.5 Å². The van der Waals surface area contributed by atoms with Gasteiger partial charge in [-0.15, -0.1) is 0 Å². The predicted octanol–water partition coefficient (Wildman–Crippen LogP) is 5.54. The molecule has 0 radical (unpaired) electrons. The second kappa shape index (κ2) is 9.74. The third-order valence-corrected chi connectivity index (χ3v) is 5.71. The van der Waals surface area contributed by atoms with Gasteiger partial charge >= 0.3 is 5.97 Å². The maximum Gasteiger partial charge on any atom is 0.338 e. The lowest BCUT2D eigenvalue weighted by atomic mass is 10.1. The Morgan fingerprint density at radius 3 is 1.97 bits per heavy atom. The summed E-state index contributed by atoms with van der Waals surface area (Å²) < 4.78 is 11.1. The Morgan fingerprint density at radius 1 is 0.784 bits per heavy atom. The van der Waals surface area contributed by atoms with Crippen molar-refractivity contribution < 1.29 is 28.8 Å². The van der Waals surface area contributed by atoms with Gasteiger partial charge in [0.15, 0.2) is 0 Å². The molecule has 0 bridgehead atoms. The maximum absolute atomic E-state index is 12.7. The van der Waals surface area contributed by atoms with Crippen LogP contribution in [-0.4, -0.2) is 22.7 Å². The first-order valence-electron chi connectivity index (χ1n) is 11.2. The number of esters is 1. The van der Waals surface area contributed by atoms with E-state index in [1.165, 1.54) is 30.3 Å². The summed E-state index contributed by atoms with van der Waals surface area (Å²) in [7, 11) is 0. The number of rotatable bonds is 7. The highest BCUT2D eigenvalue weighted by atomic mass is 16.6. The topological polar surface area (TPSA) is 116 Å². The van der Waals surface area contributed by atoms with Gasteiger partial charge in [-0.3, -0.25) is 19.7 Å². The molecule has 0 aliphatic carbocycles. The summed E-state index contributed by atoms with van der Waals surface area (Å²) in [5, 5.41) is 10.8. The van der Waals surface area contributed by atoms with Crippen LogP contribution in [0.1, 0.15) is 36.6 Å². The number of hydrogen-bond donors (Lipinski definition) is 0. The average molecular weight is 494 g/mol. The van der Waals surface area contributed by atoms with Crippen LogP contribution in [0, 0.1) is 10.1 Å².